The molecular formula is C30H42N2O8. The molecule has 10 nitrogen and oxygen atoms in total. The summed E-state index contributed by atoms with van der Waals surface area (Å²) in [6, 6.07) is 5.40. The van der Waals surface area contributed by atoms with Gasteiger partial charge in [0.05, 0.1) is 0 Å². The van der Waals surface area contributed by atoms with Gasteiger partial charge >= 0.3 is 18.2 Å². The number of carboxylic acids is 1. The number of amides is 2. The molecule has 0 heterocycles. The van der Waals surface area contributed by atoms with Gasteiger partial charge in [-0.15, -0.1) is 0 Å². The highest BCUT2D eigenvalue weighted by atomic mass is 16.7. The third kappa shape index (κ3) is 6.88. The maximum Gasteiger partial charge on any atom is 0.514 e. The Balaban J connectivity index is 1.51. The van der Waals surface area contributed by atoms with Crippen molar-refractivity contribution in [1.82, 2.24) is 10.6 Å². The number of hydrogen-bond acceptors (Lipinski definition) is 7. The molecule has 4 saturated carbocycles. The molecule has 0 aromatic heterocycles. The van der Waals surface area contributed by atoms with E-state index in [9.17, 15) is 24.3 Å². The lowest BCUT2D eigenvalue weighted by molar-refractivity contribution is -0.168. The Kier molecular flexibility index (Phi) is 8.11. The molecule has 0 saturated heterocycles. The number of rotatable bonds is 7. The molecule has 3 N–H and O–H groups in total. The molecule has 4 fully saturated rings. The predicted octanol–water partition coefficient (Wildman–Crippen LogP) is 4.83. The van der Waals surface area contributed by atoms with Crippen LogP contribution in [0.3, 0.4) is 0 Å². The molecule has 4 aliphatic carbocycles. The normalized spacial score (nSPS) is 27.9. The fraction of sp³-hybridized carbons (Fsp3) is 0.667. The average Bonchev–Trinajstić information content (AvgIpc) is 2.79. The van der Waals surface area contributed by atoms with Crippen molar-refractivity contribution in [3.05, 3.63) is 29.8 Å². The van der Waals surface area contributed by atoms with E-state index in [2.05, 4.69) is 10.6 Å². The van der Waals surface area contributed by atoms with Crippen molar-refractivity contribution in [2.75, 3.05) is 0 Å². The van der Waals surface area contributed by atoms with Crippen LogP contribution in [0.5, 0.6) is 5.75 Å². The second-order valence-corrected chi connectivity index (χ2v) is 13.6. The third-order valence-corrected chi connectivity index (χ3v) is 8.07. The second kappa shape index (κ2) is 10.9. The number of carboxylic acid groups (broad SMARTS) is 1. The summed E-state index contributed by atoms with van der Waals surface area (Å²) in [5.74, 6) is -0.525. The smallest absolute Gasteiger partial charge is 0.479 e. The SMILES string of the molecule is CC(C)(C)OC(=O)N[C@@H](Cc1ccc(OC(=O)OC(C)(C)C)cc1)C(=O)NC1(C(=O)O)C2CC3CC(C2)CC1C3. The van der Waals surface area contributed by atoms with Crippen LogP contribution in [0, 0.1) is 23.7 Å². The minimum Gasteiger partial charge on any atom is -0.479 e. The van der Waals surface area contributed by atoms with Crippen LogP contribution in [0.2, 0.25) is 0 Å². The molecule has 0 aliphatic heterocycles. The number of aliphatic carboxylic acids is 1. The largest absolute Gasteiger partial charge is 0.514 e. The molecule has 220 valence electrons. The first kappa shape index (κ1) is 29.7. The quantitative estimate of drug-likeness (QED) is 0.319. The van der Waals surface area contributed by atoms with Gasteiger partial charge in [0.1, 0.15) is 28.5 Å². The highest BCUT2D eigenvalue weighted by molar-refractivity contribution is 5.92. The molecule has 4 bridgehead atoms. The monoisotopic (exact) mass is 558 g/mol. The zero-order valence-corrected chi connectivity index (χ0v) is 24.2. The maximum atomic E-state index is 13.8. The predicted molar refractivity (Wildman–Crippen MR) is 146 cm³/mol. The molecule has 2 amide bonds. The van der Waals surface area contributed by atoms with Crippen molar-refractivity contribution in [3.8, 4) is 5.75 Å². The van der Waals surface area contributed by atoms with E-state index < -0.39 is 46.9 Å². The Morgan fingerprint density at radius 2 is 1.40 bits per heavy atom. The highest BCUT2D eigenvalue weighted by Crippen LogP contribution is 2.58. The molecular weight excluding hydrogens is 516 g/mol. The highest BCUT2D eigenvalue weighted by Gasteiger charge is 2.62. The average molecular weight is 559 g/mol. The van der Waals surface area contributed by atoms with Gasteiger partial charge in [-0.25, -0.2) is 14.4 Å². The number of alkyl carbamates (subject to hydrolysis) is 1. The van der Waals surface area contributed by atoms with Crippen molar-refractivity contribution in [2.24, 2.45) is 23.7 Å². The van der Waals surface area contributed by atoms with E-state index in [1.807, 2.05) is 0 Å². The van der Waals surface area contributed by atoms with Crippen molar-refractivity contribution in [3.63, 3.8) is 0 Å². The third-order valence-electron chi connectivity index (χ3n) is 8.07. The second-order valence-electron chi connectivity index (χ2n) is 13.6. The molecule has 5 rings (SSSR count). The first-order valence-electron chi connectivity index (χ1n) is 14.1. The molecule has 10 heteroatoms. The minimum atomic E-state index is -1.34. The summed E-state index contributed by atoms with van der Waals surface area (Å²) < 4.78 is 15.8. The summed E-state index contributed by atoms with van der Waals surface area (Å²) in [6.07, 6.45) is 2.80. The van der Waals surface area contributed by atoms with Crippen LogP contribution in [0.4, 0.5) is 9.59 Å². The van der Waals surface area contributed by atoms with Gasteiger partial charge in [0, 0.05) is 6.42 Å². The van der Waals surface area contributed by atoms with Crippen molar-refractivity contribution in [1.29, 1.82) is 0 Å². The van der Waals surface area contributed by atoms with Crippen LogP contribution in [0.1, 0.15) is 79.2 Å². The van der Waals surface area contributed by atoms with E-state index in [1.54, 1.807) is 65.8 Å². The zero-order chi connectivity index (χ0) is 29.5. The van der Waals surface area contributed by atoms with Crippen LogP contribution in [-0.4, -0.2) is 52.0 Å². The van der Waals surface area contributed by atoms with E-state index >= 15 is 0 Å². The topological polar surface area (TPSA) is 140 Å². The van der Waals surface area contributed by atoms with Gasteiger partial charge in [0.2, 0.25) is 5.91 Å². The fourth-order valence-corrected chi connectivity index (χ4v) is 6.78. The summed E-state index contributed by atoms with van der Waals surface area (Å²) in [5, 5.41) is 16.0. The molecule has 1 atom stereocenters. The number of carbonyl (C=O) groups is 4. The van der Waals surface area contributed by atoms with Gasteiger partial charge in [0.25, 0.3) is 0 Å². The van der Waals surface area contributed by atoms with Gasteiger partial charge in [-0.3, -0.25) is 4.79 Å². The van der Waals surface area contributed by atoms with Crippen LogP contribution in [0.25, 0.3) is 0 Å². The molecule has 0 unspecified atom stereocenters. The molecule has 0 spiro atoms. The summed E-state index contributed by atoms with van der Waals surface area (Å²) in [5.41, 5.74) is -2.16. The number of ether oxygens (including phenoxy) is 3. The van der Waals surface area contributed by atoms with E-state index in [1.165, 1.54) is 0 Å². The van der Waals surface area contributed by atoms with Crippen LogP contribution >= 0.6 is 0 Å². The maximum absolute atomic E-state index is 13.8. The summed E-state index contributed by atoms with van der Waals surface area (Å²) >= 11 is 0. The lowest BCUT2D eigenvalue weighted by Crippen LogP contribution is -2.71. The fourth-order valence-electron chi connectivity index (χ4n) is 6.78. The lowest BCUT2D eigenvalue weighted by Gasteiger charge is -2.59. The Morgan fingerprint density at radius 1 is 0.875 bits per heavy atom. The van der Waals surface area contributed by atoms with Gasteiger partial charge in [-0.1, -0.05) is 12.1 Å². The summed E-state index contributed by atoms with van der Waals surface area (Å²) in [6.45, 7) is 10.4. The summed E-state index contributed by atoms with van der Waals surface area (Å²) in [4.78, 5) is 51.2. The van der Waals surface area contributed by atoms with E-state index in [0.717, 1.165) is 32.1 Å². The molecule has 1 aromatic carbocycles. The standard InChI is InChI=1S/C30H42N2O8/c1-28(2,3)39-26(36)31-23(16-17-7-9-22(10-8-17)38-27(37)40-29(4,5)6)24(33)32-30(25(34)35)20-12-18-11-19(14-20)15-21(30)13-18/h7-10,18-21,23H,11-16H2,1-6H3,(H,31,36)(H,32,33)(H,34,35)/t18?,19?,20?,21?,23-,30?/m0/s1. The molecule has 1 aromatic rings. The number of hydrogen-bond donors (Lipinski definition) is 3. The lowest BCUT2D eigenvalue weighted by atomic mass is 9.48. The van der Waals surface area contributed by atoms with Crippen LogP contribution in [0.15, 0.2) is 24.3 Å². The Morgan fingerprint density at radius 3 is 1.88 bits per heavy atom. The van der Waals surface area contributed by atoms with Crippen molar-refractivity contribution < 1.29 is 38.5 Å². The Hall–Kier alpha value is -3.30. The van der Waals surface area contributed by atoms with Gasteiger partial charge in [0.15, 0.2) is 0 Å². The van der Waals surface area contributed by atoms with Gasteiger partial charge < -0.3 is 30.0 Å². The van der Waals surface area contributed by atoms with Crippen molar-refractivity contribution in [2.45, 2.75) is 103 Å². The van der Waals surface area contributed by atoms with E-state index in [4.69, 9.17) is 14.2 Å². The molecule has 0 radical (unpaired) electrons. The van der Waals surface area contributed by atoms with E-state index in [0.29, 0.717) is 17.4 Å². The summed E-state index contributed by atoms with van der Waals surface area (Å²) in [7, 11) is 0. The van der Waals surface area contributed by atoms with E-state index in [-0.39, 0.29) is 24.0 Å². The van der Waals surface area contributed by atoms with Crippen LogP contribution in [-0.2, 0) is 25.5 Å². The number of carbonyl (C=O) groups excluding carboxylic acids is 3. The Labute approximate surface area is 235 Å². The zero-order valence-electron chi connectivity index (χ0n) is 24.2. The van der Waals surface area contributed by atoms with Gasteiger partial charge in [-0.05, 0) is 115 Å². The van der Waals surface area contributed by atoms with Crippen LogP contribution < -0.4 is 15.4 Å². The van der Waals surface area contributed by atoms with Crippen molar-refractivity contribution >= 4 is 24.1 Å². The first-order chi connectivity index (χ1) is 18.5. The number of nitrogens with one attached hydrogen (secondary N) is 2. The number of benzene rings is 1. The van der Waals surface area contributed by atoms with Gasteiger partial charge in [-0.2, -0.15) is 0 Å². The molecule has 4 aliphatic rings. The molecule has 40 heavy (non-hydrogen) atoms. The minimum absolute atomic E-state index is 0.0775. The first-order valence-corrected chi connectivity index (χ1v) is 14.1. The Bertz CT molecular complexity index is 1100.